The second-order valence-electron chi connectivity index (χ2n) is 8.88. The Balaban J connectivity index is 0.00000149. The number of anilines is 1. The van der Waals surface area contributed by atoms with Crippen molar-refractivity contribution in [3.8, 4) is 5.75 Å². The fourth-order valence-corrected chi connectivity index (χ4v) is 3.57. The quantitative estimate of drug-likeness (QED) is 0.384. The van der Waals surface area contributed by atoms with Gasteiger partial charge in [-0.2, -0.15) is 0 Å². The summed E-state index contributed by atoms with van der Waals surface area (Å²) in [7, 11) is 0. The zero-order chi connectivity index (χ0) is 24.0. The fourth-order valence-electron chi connectivity index (χ4n) is 3.57. The van der Waals surface area contributed by atoms with Crippen molar-refractivity contribution in [2.24, 2.45) is 0 Å². The van der Waals surface area contributed by atoms with Gasteiger partial charge in [0, 0.05) is 11.5 Å². The third kappa shape index (κ3) is 6.48. The number of aryl methyl sites for hydroxylation is 1. The Labute approximate surface area is 197 Å². The van der Waals surface area contributed by atoms with Gasteiger partial charge in [0.15, 0.2) is 0 Å². The van der Waals surface area contributed by atoms with Crippen LogP contribution in [0.2, 0.25) is 0 Å². The van der Waals surface area contributed by atoms with E-state index in [0.717, 1.165) is 33.3 Å². The van der Waals surface area contributed by atoms with Crippen LogP contribution in [0.4, 0.5) is 10.5 Å². The first kappa shape index (κ1) is 24.6. The van der Waals surface area contributed by atoms with E-state index in [-0.39, 0.29) is 12.2 Å². The molecule has 3 aromatic rings. The Morgan fingerprint density at radius 2 is 1.64 bits per heavy atom. The summed E-state index contributed by atoms with van der Waals surface area (Å²) < 4.78 is 17.4. The van der Waals surface area contributed by atoms with E-state index in [0.29, 0.717) is 19.8 Å². The Hall–Kier alpha value is -3.05. The molecule has 0 spiro atoms. The number of amides is 1. The molecule has 1 aliphatic rings. The summed E-state index contributed by atoms with van der Waals surface area (Å²) in [5, 5.41) is 2.07. The second kappa shape index (κ2) is 10.7. The lowest BCUT2D eigenvalue weighted by Gasteiger charge is -2.29. The fraction of sp³-hybridized carbons (Fsp3) is 0.393. The molecule has 0 aromatic heterocycles. The maximum Gasteiger partial charge on any atom is 0.414 e. The van der Waals surface area contributed by atoms with Gasteiger partial charge in [0.2, 0.25) is 0 Å². The SMILES string of the molecule is CC.Cc1c(N(C[C@H]2CO2)C(=O)OC(C)(C)C)cc(OCc2ccccc2)c2ccccc12. The zero-order valence-corrected chi connectivity index (χ0v) is 20.6. The van der Waals surface area contributed by atoms with Crippen LogP contribution in [-0.2, 0) is 16.1 Å². The average Bonchev–Trinajstić information content (AvgIpc) is 3.63. The monoisotopic (exact) mass is 449 g/mol. The van der Waals surface area contributed by atoms with Crippen LogP contribution in [0.25, 0.3) is 10.8 Å². The number of nitrogens with zero attached hydrogens (tertiary/aromatic N) is 1. The summed E-state index contributed by atoms with van der Waals surface area (Å²) in [5.41, 5.74) is 2.29. The van der Waals surface area contributed by atoms with Gasteiger partial charge < -0.3 is 14.2 Å². The van der Waals surface area contributed by atoms with E-state index in [1.165, 1.54) is 0 Å². The first-order valence-electron chi connectivity index (χ1n) is 11.6. The van der Waals surface area contributed by atoms with Gasteiger partial charge >= 0.3 is 6.09 Å². The van der Waals surface area contributed by atoms with Gasteiger partial charge in [0.25, 0.3) is 0 Å². The molecule has 4 rings (SSSR count). The Morgan fingerprint density at radius 3 is 2.24 bits per heavy atom. The highest BCUT2D eigenvalue weighted by atomic mass is 16.6. The van der Waals surface area contributed by atoms with Crippen molar-refractivity contribution in [2.45, 2.75) is 59.9 Å². The minimum absolute atomic E-state index is 0.0343. The molecule has 33 heavy (non-hydrogen) atoms. The van der Waals surface area contributed by atoms with Gasteiger partial charge in [-0.25, -0.2) is 4.79 Å². The van der Waals surface area contributed by atoms with Crippen molar-refractivity contribution in [1.29, 1.82) is 0 Å². The number of ether oxygens (including phenoxy) is 3. The number of epoxide rings is 1. The molecule has 1 saturated heterocycles. The molecule has 176 valence electrons. The molecule has 0 saturated carbocycles. The predicted molar refractivity (Wildman–Crippen MR) is 134 cm³/mol. The molecule has 1 heterocycles. The maximum absolute atomic E-state index is 13.1. The van der Waals surface area contributed by atoms with Gasteiger partial charge in [-0.05, 0) is 44.2 Å². The Kier molecular flexibility index (Phi) is 7.98. The molecule has 3 aromatic carbocycles. The average molecular weight is 450 g/mol. The van der Waals surface area contributed by atoms with Crippen LogP contribution < -0.4 is 9.64 Å². The predicted octanol–water partition coefficient (Wildman–Crippen LogP) is 6.89. The summed E-state index contributed by atoms with van der Waals surface area (Å²) >= 11 is 0. The van der Waals surface area contributed by atoms with E-state index >= 15 is 0 Å². The van der Waals surface area contributed by atoms with Crippen LogP contribution in [0, 0.1) is 6.92 Å². The highest BCUT2D eigenvalue weighted by Gasteiger charge is 2.33. The van der Waals surface area contributed by atoms with Gasteiger partial charge in [0.1, 0.15) is 18.0 Å². The summed E-state index contributed by atoms with van der Waals surface area (Å²) in [5.74, 6) is 0.741. The van der Waals surface area contributed by atoms with E-state index in [1.807, 2.05) is 96.1 Å². The molecule has 0 N–H and O–H groups in total. The van der Waals surface area contributed by atoms with Gasteiger partial charge in [0.05, 0.1) is 24.9 Å². The normalized spacial score (nSPS) is 14.8. The molecule has 1 fully saturated rings. The Bertz CT molecular complexity index is 1070. The molecular formula is C28H35NO4. The van der Waals surface area contributed by atoms with E-state index in [2.05, 4.69) is 6.07 Å². The minimum atomic E-state index is -0.586. The second-order valence-corrected chi connectivity index (χ2v) is 8.88. The van der Waals surface area contributed by atoms with Gasteiger partial charge in [-0.1, -0.05) is 68.4 Å². The van der Waals surface area contributed by atoms with Crippen molar-refractivity contribution in [3.63, 3.8) is 0 Å². The number of hydrogen-bond acceptors (Lipinski definition) is 4. The van der Waals surface area contributed by atoms with Crippen LogP contribution in [0.15, 0.2) is 60.7 Å². The molecule has 5 heteroatoms. The van der Waals surface area contributed by atoms with Gasteiger partial charge in [-0.3, -0.25) is 4.90 Å². The van der Waals surface area contributed by atoms with Crippen LogP contribution in [0.3, 0.4) is 0 Å². The third-order valence-corrected chi connectivity index (χ3v) is 5.18. The summed E-state index contributed by atoms with van der Waals surface area (Å²) in [6, 6.07) is 20.1. The highest BCUT2D eigenvalue weighted by Crippen LogP contribution is 2.37. The molecule has 0 aliphatic carbocycles. The smallest absolute Gasteiger partial charge is 0.414 e. The van der Waals surface area contributed by atoms with Crippen LogP contribution in [0.5, 0.6) is 5.75 Å². The van der Waals surface area contributed by atoms with Gasteiger partial charge in [-0.15, -0.1) is 0 Å². The largest absolute Gasteiger partial charge is 0.488 e. The molecule has 5 nitrogen and oxygen atoms in total. The number of rotatable bonds is 6. The van der Waals surface area contributed by atoms with Crippen LogP contribution >= 0.6 is 0 Å². The summed E-state index contributed by atoms with van der Waals surface area (Å²) in [6.45, 7) is 13.2. The standard InChI is InChI=1S/C26H29NO4.C2H6/c1-18-21-12-8-9-13-22(21)24(30-16-19-10-6-5-7-11-19)14-23(18)27(15-20-17-29-20)25(28)31-26(2,3)4;1-2/h5-14,20H,15-17H2,1-4H3;1-2H3/t20-;/m0./s1. The van der Waals surface area contributed by atoms with E-state index in [1.54, 1.807) is 4.90 Å². The number of benzene rings is 3. The van der Waals surface area contributed by atoms with E-state index < -0.39 is 5.60 Å². The first-order chi connectivity index (χ1) is 15.8. The zero-order valence-electron chi connectivity index (χ0n) is 20.6. The van der Waals surface area contributed by atoms with Crippen LogP contribution in [0.1, 0.15) is 45.7 Å². The van der Waals surface area contributed by atoms with Crippen molar-refractivity contribution >= 4 is 22.6 Å². The lowest BCUT2D eigenvalue weighted by Crippen LogP contribution is -2.39. The van der Waals surface area contributed by atoms with Crippen LogP contribution in [-0.4, -0.2) is 30.9 Å². The molecular weight excluding hydrogens is 414 g/mol. The molecule has 1 atom stereocenters. The van der Waals surface area contributed by atoms with Crippen molar-refractivity contribution in [1.82, 2.24) is 0 Å². The summed E-state index contributed by atoms with van der Waals surface area (Å²) in [6.07, 6.45) is -0.345. The number of hydrogen-bond donors (Lipinski definition) is 0. The molecule has 0 unspecified atom stereocenters. The third-order valence-electron chi connectivity index (χ3n) is 5.18. The van der Waals surface area contributed by atoms with Crippen molar-refractivity contribution in [3.05, 3.63) is 71.8 Å². The molecule has 1 aliphatic heterocycles. The highest BCUT2D eigenvalue weighted by molar-refractivity contribution is 5.99. The van der Waals surface area contributed by atoms with Crippen molar-refractivity contribution in [2.75, 3.05) is 18.1 Å². The van der Waals surface area contributed by atoms with Crippen molar-refractivity contribution < 1.29 is 19.0 Å². The minimum Gasteiger partial charge on any atom is -0.488 e. The maximum atomic E-state index is 13.1. The number of fused-ring (bicyclic) bond motifs is 1. The lowest BCUT2D eigenvalue weighted by atomic mass is 10.0. The Morgan fingerprint density at radius 1 is 1.03 bits per heavy atom. The number of carbonyl (C=O) groups is 1. The lowest BCUT2D eigenvalue weighted by molar-refractivity contribution is 0.0577. The topological polar surface area (TPSA) is 51.3 Å². The number of carbonyl (C=O) groups excluding carboxylic acids is 1. The van der Waals surface area contributed by atoms with E-state index in [9.17, 15) is 4.79 Å². The summed E-state index contributed by atoms with van der Waals surface area (Å²) in [4.78, 5) is 14.8. The van der Waals surface area contributed by atoms with E-state index in [4.69, 9.17) is 14.2 Å². The first-order valence-corrected chi connectivity index (χ1v) is 11.6. The molecule has 1 amide bonds. The molecule has 0 radical (unpaired) electrons. The molecule has 0 bridgehead atoms.